The molecule has 1 atom stereocenters. The zero-order valence-electron chi connectivity index (χ0n) is 21.9. The lowest BCUT2D eigenvalue weighted by Gasteiger charge is -2.39. The molecule has 2 aliphatic rings. The van der Waals surface area contributed by atoms with E-state index < -0.39 is 52.9 Å². The van der Waals surface area contributed by atoms with E-state index in [9.17, 15) is 40.7 Å². The lowest BCUT2D eigenvalue weighted by atomic mass is 9.82. The van der Waals surface area contributed by atoms with Crippen LogP contribution in [-0.4, -0.2) is 80.6 Å². The van der Waals surface area contributed by atoms with Gasteiger partial charge in [0.05, 0.1) is 11.3 Å². The Labute approximate surface area is 221 Å². The molecule has 8 nitrogen and oxygen atoms in total. The van der Waals surface area contributed by atoms with Crippen LogP contribution in [0.3, 0.4) is 0 Å². The van der Waals surface area contributed by atoms with Crippen LogP contribution in [-0.2, 0) is 24.5 Å². The number of ether oxygens (including phenoxy) is 3. The SMILES string of the molecule is CN1CC[C@H](Oc2ccc(C(=O)OC(=O)C(F)(F)F)c(N(C(=O)C(F)(F)F)C3CCOCC3)c2C(C)(C)C)C1. The van der Waals surface area contributed by atoms with Gasteiger partial charge in [0.25, 0.3) is 0 Å². The van der Waals surface area contributed by atoms with E-state index >= 15 is 0 Å². The highest BCUT2D eigenvalue weighted by molar-refractivity contribution is 6.08. The topological polar surface area (TPSA) is 85.4 Å². The Morgan fingerprint density at radius 1 is 0.974 bits per heavy atom. The molecule has 0 bridgehead atoms. The maximum Gasteiger partial charge on any atom is 0.491 e. The van der Waals surface area contributed by atoms with Crippen LogP contribution in [0.4, 0.5) is 32.0 Å². The third kappa shape index (κ3) is 7.21. The zero-order valence-corrected chi connectivity index (χ0v) is 21.9. The van der Waals surface area contributed by atoms with Gasteiger partial charge < -0.3 is 24.0 Å². The molecule has 218 valence electrons. The molecule has 0 spiro atoms. The van der Waals surface area contributed by atoms with Gasteiger partial charge in [-0.2, -0.15) is 26.3 Å². The van der Waals surface area contributed by atoms with E-state index in [2.05, 4.69) is 4.74 Å². The summed E-state index contributed by atoms with van der Waals surface area (Å²) in [6, 6.07) is 1.03. The molecule has 2 saturated heterocycles. The van der Waals surface area contributed by atoms with Crippen molar-refractivity contribution in [3.8, 4) is 5.75 Å². The Hall–Kier alpha value is -2.87. The van der Waals surface area contributed by atoms with Crippen molar-refractivity contribution in [3.05, 3.63) is 23.3 Å². The summed E-state index contributed by atoms with van der Waals surface area (Å²) in [6.07, 6.45) is -10.8. The van der Waals surface area contributed by atoms with E-state index in [1.54, 1.807) is 20.8 Å². The molecule has 0 aromatic heterocycles. The molecule has 2 fully saturated rings. The summed E-state index contributed by atoms with van der Waals surface area (Å²) in [7, 11) is 1.85. The molecule has 2 heterocycles. The Morgan fingerprint density at radius 3 is 2.08 bits per heavy atom. The average Bonchev–Trinajstić information content (AvgIpc) is 3.22. The van der Waals surface area contributed by atoms with Crippen molar-refractivity contribution in [2.75, 3.05) is 38.3 Å². The minimum absolute atomic E-state index is 0.00803. The van der Waals surface area contributed by atoms with Gasteiger partial charge in [-0.15, -0.1) is 0 Å². The second kappa shape index (κ2) is 11.3. The molecule has 1 amide bonds. The zero-order chi connectivity index (χ0) is 29.3. The average molecular weight is 569 g/mol. The van der Waals surface area contributed by atoms with Crippen molar-refractivity contribution in [1.29, 1.82) is 0 Å². The van der Waals surface area contributed by atoms with Gasteiger partial charge in [0, 0.05) is 37.9 Å². The fourth-order valence-electron chi connectivity index (χ4n) is 4.71. The van der Waals surface area contributed by atoms with E-state index in [0.29, 0.717) is 24.4 Å². The predicted molar refractivity (Wildman–Crippen MR) is 126 cm³/mol. The van der Waals surface area contributed by atoms with Crippen LogP contribution in [0.5, 0.6) is 5.75 Å². The maximum atomic E-state index is 14.0. The molecular weight excluding hydrogens is 538 g/mol. The summed E-state index contributed by atoms with van der Waals surface area (Å²) in [4.78, 5) is 39.6. The third-order valence-corrected chi connectivity index (χ3v) is 6.43. The van der Waals surface area contributed by atoms with E-state index in [0.717, 1.165) is 6.07 Å². The van der Waals surface area contributed by atoms with Crippen LogP contribution in [0, 0.1) is 0 Å². The van der Waals surface area contributed by atoms with Crippen molar-refractivity contribution in [3.63, 3.8) is 0 Å². The number of halogens is 6. The first-order valence-electron chi connectivity index (χ1n) is 12.3. The smallest absolute Gasteiger partial charge is 0.489 e. The summed E-state index contributed by atoms with van der Waals surface area (Å²) in [5.41, 5.74) is -2.53. The normalized spacial score (nSPS) is 19.6. The first kappa shape index (κ1) is 30.7. The van der Waals surface area contributed by atoms with Crippen molar-refractivity contribution in [2.45, 2.75) is 69.9 Å². The van der Waals surface area contributed by atoms with Gasteiger partial charge in [0.1, 0.15) is 11.9 Å². The number of benzene rings is 1. The number of carbonyl (C=O) groups is 3. The molecule has 0 unspecified atom stereocenters. The standard InChI is InChI=1S/C25H30F6N2O6/c1-23(2,3)18-17(38-15-7-10-32(4)13-15)6-5-16(20(34)39-22(36)25(29,30)31)19(18)33(21(35)24(26,27)28)14-8-11-37-12-9-14/h5-6,14-15H,7-13H2,1-4H3/t15-/m0/s1. The number of hydrogen-bond donors (Lipinski definition) is 0. The molecule has 2 aliphatic heterocycles. The third-order valence-electron chi connectivity index (χ3n) is 6.43. The maximum absolute atomic E-state index is 14.0. The number of alkyl halides is 6. The van der Waals surface area contributed by atoms with Gasteiger partial charge in [-0.3, -0.25) is 4.79 Å². The molecule has 1 aromatic rings. The van der Waals surface area contributed by atoms with Gasteiger partial charge in [-0.1, -0.05) is 20.8 Å². The molecule has 0 radical (unpaired) electrons. The molecule has 0 aliphatic carbocycles. The summed E-state index contributed by atoms with van der Waals surface area (Å²) in [5, 5.41) is 0. The highest BCUT2D eigenvalue weighted by Gasteiger charge is 2.49. The number of hydrogen-bond acceptors (Lipinski definition) is 7. The summed E-state index contributed by atoms with van der Waals surface area (Å²) in [5.74, 6) is -6.96. The Balaban J connectivity index is 2.29. The Morgan fingerprint density at radius 2 is 1.59 bits per heavy atom. The van der Waals surface area contributed by atoms with Crippen molar-refractivity contribution in [1.82, 2.24) is 4.90 Å². The van der Waals surface area contributed by atoms with E-state index in [1.165, 1.54) is 6.07 Å². The van der Waals surface area contributed by atoms with E-state index in [-0.39, 0.29) is 43.5 Å². The van der Waals surface area contributed by atoms with Crippen LogP contribution in [0.15, 0.2) is 12.1 Å². The number of likely N-dealkylation sites (N-methyl/N-ethyl adjacent to an activating group) is 1. The van der Waals surface area contributed by atoms with Crippen molar-refractivity contribution >= 4 is 23.5 Å². The van der Waals surface area contributed by atoms with Gasteiger partial charge in [0.2, 0.25) is 0 Å². The van der Waals surface area contributed by atoms with Gasteiger partial charge in [-0.25, -0.2) is 9.59 Å². The summed E-state index contributed by atoms with van der Waals surface area (Å²) >= 11 is 0. The number of likely N-dealkylation sites (tertiary alicyclic amines) is 1. The van der Waals surface area contributed by atoms with Crippen LogP contribution in [0.25, 0.3) is 0 Å². The lowest BCUT2D eigenvalue weighted by Crippen LogP contribution is -2.50. The number of nitrogens with zero attached hydrogens (tertiary/aromatic N) is 2. The molecule has 3 rings (SSSR count). The number of amides is 1. The number of anilines is 1. The minimum Gasteiger partial charge on any atom is -0.489 e. The van der Waals surface area contributed by atoms with Crippen molar-refractivity contribution < 1.29 is 54.9 Å². The predicted octanol–water partition coefficient (Wildman–Crippen LogP) is 4.39. The largest absolute Gasteiger partial charge is 0.491 e. The molecule has 0 saturated carbocycles. The molecule has 1 aromatic carbocycles. The first-order valence-corrected chi connectivity index (χ1v) is 12.3. The fraction of sp³-hybridized carbons (Fsp3) is 0.640. The summed E-state index contributed by atoms with van der Waals surface area (Å²) in [6.45, 7) is 5.98. The van der Waals surface area contributed by atoms with E-state index in [4.69, 9.17) is 9.47 Å². The highest BCUT2D eigenvalue weighted by atomic mass is 19.4. The fourth-order valence-corrected chi connectivity index (χ4v) is 4.71. The molecule has 0 N–H and O–H groups in total. The second-order valence-electron chi connectivity index (χ2n) is 10.6. The van der Waals surface area contributed by atoms with Crippen molar-refractivity contribution in [2.24, 2.45) is 0 Å². The lowest BCUT2D eigenvalue weighted by molar-refractivity contribution is -0.193. The number of rotatable bonds is 5. The van der Waals surface area contributed by atoms with Gasteiger partial charge in [-0.05, 0) is 43.9 Å². The Kier molecular flexibility index (Phi) is 8.90. The van der Waals surface area contributed by atoms with Gasteiger partial charge in [0.15, 0.2) is 0 Å². The highest BCUT2D eigenvalue weighted by Crippen LogP contribution is 2.45. The molecular formula is C25H30F6N2O6. The monoisotopic (exact) mass is 568 g/mol. The van der Waals surface area contributed by atoms with Crippen LogP contribution < -0.4 is 9.64 Å². The van der Waals surface area contributed by atoms with E-state index in [1.807, 2.05) is 11.9 Å². The van der Waals surface area contributed by atoms with Gasteiger partial charge >= 0.3 is 30.2 Å². The quantitative estimate of drug-likeness (QED) is 0.296. The second-order valence-corrected chi connectivity index (χ2v) is 10.6. The molecule has 14 heteroatoms. The van der Waals surface area contributed by atoms with Crippen LogP contribution in [0.1, 0.15) is 56.0 Å². The summed E-state index contributed by atoms with van der Waals surface area (Å²) < 4.78 is 95.9. The Bertz CT molecular complexity index is 1090. The molecule has 39 heavy (non-hydrogen) atoms. The number of esters is 2. The minimum atomic E-state index is -5.54. The number of carbonyl (C=O) groups excluding carboxylic acids is 3. The first-order chi connectivity index (χ1) is 17.9. The van der Waals surface area contributed by atoms with Crippen LogP contribution >= 0.6 is 0 Å². The van der Waals surface area contributed by atoms with Crippen LogP contribution in [0.2, 0.25) is 0 Å².